The Labute approximate surface area is 120 Å². The van der Waals surface area contributed by atoms with Crippen molar-refractivity contribution in [3.05, 3.63) is 45.1 Å². The lowest BCUT2D eigenvalue weighted by Crippen LogP contribution is -2.18. The first-order valence-corrected chi connectivity index (χ1v) is 6.95. The van der Waals surface area contributed by atoms with Crippen molar-refractivity contribution in [3.63, 3.8) is 0 Å². The number of hydrogen-bond acceptors (Lipinski definition) is 4. The lowest BCUT2D eigenvalue weighted by Gasteiger charge is -2.09. The number of carbonyl (C=O) groups excluding carboxylic acids is 1. The maximum Gasteiger partial charge on any atom is 0.252 e. The second kappa shape index (κ2) is 5.95. The molecule has 4 N–H and O–H groups in total. The summed E-state index contributed by atoms with van der Waals surface area (Å²) in [6.07, 6.45) is 0. The summed E-state index contributed by atoms with van der Waals surface area (Å²) < 4.78 is 0. The zero-order valence-corrected chi connectivity index (χ0v) is 11.9. The van der Waals surface area contributed by atoms with Crippen LogP contribution in [-0.2, 0) is 6.54 Å². The van der Waals surface area contributed by atoms with Crippen LogP contribution in [0.1, 0.15) is 15.2 Å². The molecule has 1 aromatic carbocycles. The average Bonchev–Trinajstić information content (AvgIpc) is 2.82. The summed E-state index contributed by atoms with van der Waals surface area (Å²) >= 11 is 7.58. The molecule has 0 aliphatic carbocycles. The van der Waals surface area contributed by atoms with E-state index in [1.54, 1.807) is 30.5 Å². The largest absolute Gasteiger partial charge is 0.398 e. The van der Waals surface area contributed by atoms with Gasteiger partial charge < -0.3 is 16.4 Å². The highest BCUT2D eigenvalue weighted by Gasteiger charge is 2.09. The third-order valence-electron chi connectivity index (χ3n) is 2.67. The quantitative estimate of drug-likeness (QED) is 0.812. The van der Waals surface area contributed by atoms with E-state index in [-0.39, 0.29) is 5.91 Å². The number of thiophene rings is 1. The van der Waals surface area contributed by atoms with Crippen LogP contribution in [0.2, 0.25) is 5.02 Å². The molecule has 2 rings (SSSR count). The molecule has 0 saturated heterocycles. The second-order valence-corrected chi connectivity index (χ2v) is 5.33. The highest BCUT2D eigenvalue weighted by atomic mass is 35.5. The normalized spacial score (nSPS) is 10.2. The molecular formula is C13H14ClN3OS. The van der Waals surface area contributed by atoms with Crippen LogP contribution in [-0.4, -0.2) is 13.0 Å². The van der Waals surface area contributed by atoms with Crippen LogP contribution in [0.25, 0.3) is 0 Å². The van der Waals surface area contributed by atoms with Crippen molar-refractivity contribution >= 4 is 40.2 Å². The SMILES string of the molecule is CNC(=O)c1cc(NCc2sccc2N)ccc1Cl. The van der Waals surface area contributed by atoms with Gasteiger partial charge in [-0.05, 0) is 29.6 Å². The monoisotopic (exact) mass is 295 g/mol. The molecule has 1 amide bonds. The van der Waals surface area contributed by atoms with Crippen molar-refractivity contribution in [3.8, 4) is 0 Å². The minimum atomic E-state index is -0.204. The maximum absolute atomic E-state index is 11.6. The number of amides is 1. The fourth-order valence-corrected chi connectivity index (χ4v) is 2.56. The van der Waals surface area contributed by atoms with Gasteiger partial charge in [-0.15, -0.1) is 11.3 Å². The van der Waals surface area contributed by atoms with Crippen LogP contribution in [0.5, 0.6) is 0 Å². The number of hydrogen-bond donors (Lipinski definition) is 3. The van der Waals surface area contributed by atoms with Crippen LogP contribution in [0.15, 0.2) is 29.6 Å². The van der Waals surface area contributed by atoms with Gasteiger partial charge in [0.25, 0.3) is 5.91 Å². The molecule has 1 heterocycles. The molecular weight excluding hydrogens is 282 g/mol. The molecule has 2 aromatic rings. The maximum atomic E-state index is 11.6. The molecule has 4 nitrogen and oxygen atoms in total. The van der Waals surface area contributed by atoms with Crippen LogP contribution in [0.4, 0.5) is 11.4 Å². The van der Waals surface area contributed by atoms with E-state index in [1.165, 1.54) is 0 Å². The Morgan fingerprint density at radius 1 is 1.42 bits per heavy atom. The molecule has 1 aromatic heterocycles. The van der Waals surface area contributed by atoms with Gasteiger partial charge in [0.05, 0.1) is 17.1 Å². The molecule has 0 bridgehead atoms. The second-order valence-electron chi connectivity index (χ2n) is 3.93. The summed E-state index contributed by atoms with van der Waals surface area (Å²) in [6, 6.07) is 7.13. The van der Waals surface area contributed by atoms with Crippen molar-refractivity contribution < 1.29 is 4.79 Å². The van der Waals surface area contributed by atoms with Crippen molar-refractivity contribution in [2.45, 2.75) is 6.54 Å². The van der Waals surface area contributed by atoms with Crippen LogP contribution in [0.3, 0.4) is 0 Å². The topological polar surface area (TPSA) is 67.2 Å². The van der Waals surface area contributed by atoms with Crippen molar-refractivity contribution in [2.24, 2.45) is 0 Å². The summed E-state index contributed by atoms with van der Waals surface area (Å²) in [4.78, 5) is 12.7. The Morgan fingerprint density at radius 3 is 2.84 bits per heavy atom. The molecule has 0 saturated carbocycles. The summed E-state index contributed by atoms with van der Waals surface area (Å²) in [5, 5.41) is 8.16. The Hall–Kier alpha value is -1.72. The van der Waals surface area contributed by atoms with E-state index < -0.39 is 0 Å². The minimum Gasteiger partial charge on any atom is -0.398 e. The van der Waals surface area contributed by atoms with E-state index in [9.17, 15) is 4.79 Å². The van der Waals surface area contributed by atoms with E-state index >= 15 is 0 Å². The van der Waals surface area contributed by atoms with Gasteiger partial charge in [0.15, 0.2) is 0 Å². The predicted molar refractivity (Wildman–Crippen MR) is 80.9 cm³/mol. The summed E-state index contributed by atoms with van der Waals surface area (Å²) in [6.45, 7) is 0.623. The first-order valence-electron chi connectivity index (χ1n) is 5.69. The van der Waals surface area contributed by atoms with Crippen molar-refractivity contribution in [2.75, 3.05) is 18.1 Å². The van der Waals surface area contributed by atoms with Gasteiger partial charge in [0.1, 0.15) is 0 Å². The number of rotatable bonds is 4. The third-order valence-corrected chi connectivity index (χ3v) is 3.94. The highest BCUT2D eigenvalue weighted by Crippen LogP contribution is 2.23. The average molecular weight is 296 g/mol. The minimum absolute atomic E-state index is 0.204. The Bertz CT molecular complexity index is 597. The number of anilines is 2. The molecule has 6 heteroatoms. The number of halogens is 1. The predicted octanol–water partition coefficient (Wildman–Crippen LogP) is 2.96. The molecule has 0 aliphatic heterocycles. The number of nitrogens with one attached hydrogen (secondary N) is 2. The van der Waals surface area contributed by atoms with E-state index in [0.717, 1.165) is 16.3 Å². The standard InChI is InChI=1S/C13H14ClN3OS/c1-16-13(18)9-6-8(2-3-10(9)14)17-7-12-11(15)4-5-19-12/h2-6,17H,7,15H2,1H3,(H,16,18). The van der Waals surface area contributed by atoms with E-state index in [2.05, 4.69) is 10.6 Å². The summed E-state index contributed by atoms with van der Waals surface area (Å²) in [7, 11) is 1.57. The fourth-order valence-electron chi connectivity index (χ4n) is 1.62. The van der Waals surface area contributed by atoms with Crippen LogP contribution < -0.4 is 16.4 Å². The van der Waals surface area contributed by atoms with Crippen molar-refractivity contribution in [1.82, 2.24) is 5.32 Å². The fraction of sp³-hybridized carbons (Fsp3) is 0.154. The molecule has 0 atom stereocenters. The zero-order valence-electron chi connectivity index (χ0n) is 10.4. The van der Waals surface area contributed by atoms with Crippen LogP contribution >= 0.6 is 22.9 Å². The summed E-state index contributed by atoms with van der Waals surface area (Å²) in [5.74, 6) is -0.204. The first-order chi connectivity index (χ1) is 9.11. The van der Waals surface area contributed by atoms with Crippen LogP contribution in [0, 0.1) is 0 Å². The summed E-state index contributed by atoms with van der Waals surface area (Å²) in [5.41, 5.74) is 7.87. The lowest BCUT2D eigenvalue weighted by atomic mass is 10.2. The number of nitrogen functional groups attached to an aromatic ring is 1. The molecule has 0 aliphatic rings. The Balaban J connectivity index is 2.13. The van der Waals surface area contributed by atoms with Gasteiger partial charge in [0, 0.05) is 23.3 Å². The molecule has 0 spiro atoms. The van der Waals surface area contributed by atoms with Gasteiger partial charge in [-0.25, -0.2) is 0 Å². The van der Waals surface area contributed by atoms with Gasteiger partial charge in [-0.1, -0.05) is 11.6 Å². The van der Waals surface area contributed by atoms with Gasteiger partial charge in [-0.2, -0.15) is 0 Å². The molecule has 100 valence electrons. The highest BCUT2D eigenvalue weighted by molar-refractivity contribution is 7.10. The molecule has 19 heavy (non-hydrogen) atoms. The number of nitrogens with two attached hydrogens (primary N) is 1. The number of carbonyl (C=O) groups is 1. The number of benzene rings is 1. The molecule has 0 radical (unpaired) electrons. The van der Waals surface area contributed by atoms with Gasteiger partial charge >= 0.3 is 0 Å². The van der Waals surface area contributed by atoms with Gasteiger partial charge in [-0.3, -0.25) is 4.79 Å². The van der Waals surface area contributed by atoms with Crippen molar-refractivity contribution in [1.29, 1.82) is 0 Å². The Morgan fingerprint density at radius 2 is 2.21 bits per heavy atom. The smallest absolute Gasteiger partial charge is 0.252 e. The third kappa shape index (κ3) is 3.19. The molecule has 0 unspecified atom stereocenters. The zero-order chi connectivity index (χ0) is 13.8. The van der Waals surface area contributed by atoms with E-state index in [1.807, 2.05) is 17.5 Å². The lowest BCUT2D eigenvalue weighted by molar-refractivity contribution is 0.0963. The molecule has 0 fully saturated rings. The van der Waals surface area contributed by atoms with E-state index in [4.69, 9.17) is 17.3 Å². The van der Waals surface area contributed by atoms with E-state index in [0.29, 0.717) is 17.1 Å². The Kier molecular flexibility index (Phi) is 4.29. The first kappa shape index (κ1) is 13.7. The van der Waals surface area contributed by atoms with Gasteiger partial charge in [0.2, 0.25) is 0 Å².